The van der Waals surface area contributed by atoms with E-state index in [1.54, 1.807) is 28.4 Å². The van der Waals surface area contributed by atoms with Gasteiger partial charge in [0.1, 0.15) is 24.3 Å². The molecule has 2 aromatic carbocycles. The first-order valence-electron chi connectivity index (χ1n) is 12.2. The molecule has 4 aromatic rings. The van der Waals surface area contributed by atoms with E-state index in [2.05, 4.69) is 30.6 Å². The smallest absolute Gasteiger partial charge is 0.261 e. The molecule has 0 aliphatic rings. The maximum Gasteiger partial charge on any atom is 0.261 e. The number of aromatic nitrogens is 4. The molecule has 0 spiro atoms. The van der Waals surface area contributed by atoms with Crippen LogP contribution in [0.2, 0.25) is 0 Å². The van der Waals surface area contributed by atoms with E-state index in [0.29, 0.717) is 48.6 Å². The molecule has 0 bridgehead atoms. The summed E-state index contributed by atoms with van der Waals surface area (Å²) >= 11 is 0. The van der Waals surface area contributed by atoms with Crippen LogP contribution in [0.5, 0.6) is 23.0 Å². The van der Waals surface area contributed by atoms with E-state index in [4.69, 9.17) is 28.1 Å². The van der Waals surface area contributed by atoms with Crippen LogP contribution in [0, 0.1) is 0 Å². The molecule has 236 valence electrons. The van der Waals surface area contributed by atoms with E-state index < -0.39 is 20.2 Å². The number of methoxy groups -OCH3 is 4. The van der Waals surface area contributed by atoms with Gasteiger partial charge >= 0.3 is 0 Å². The maximum absolute atomic E-state index is 9.19. The van der Waals surface area contributed by atoms with Crippen LogP contribution in [-0.2, 0) is 20.2 Å². The Morgan fingerprint density at radius 3 is 1.21 bits per heavy atom. The fraction of sp³-hybridized carbons (Fsp3) is 0.360. The Labute approximate surface area is 249 Å². The van der Waals surface area contributed by atoms with Crippen molar-refractivity contribution in [1.82, 2.24) is 19.9 Å². The summed E-state index contributed by atoms with van der Waals surface area (Å²) in [6.45, 7) is 1.40. The number of nitrogens with zero attached hydrogens (tertiary/aromatic N) is 4. The monoisotopic (exact) mass is 642 g/mol. The third kappa shape index (κ3) is 11.9. The maximum atomic E-state index is 9.19. The second kappa shape index (κ2) is 15.8. The van der Waals surface area contributed by atoms with Crippen LogP contribution in [0.15, 0.2) is 36.9 Å². The van der Waals surface area contributed by atoms with E-state index in [0.717, 1.165) is 39.9 Å². The Kier molecular flexibility index (Phi) is 12.9. The van der Waals surface area contributed by atoms with Crippen molar-refractivity contribution < 1.29 is 44.9 Å². The molecule has 16 nitrogen and oxygen atoms in total. The third-order valence-electron chi connectivity index (χ3n) is 5.22. The largest absolute Gasteiger partial charge is 0.493 e. The van der Waals surface area contributed by atoms with Crippen LogP contribution in [0.25, 0.3) is 21.8 Å². The van der Waals surface area contributed by atoms with E-state index in [1.165, 1.54) is 12.7 Å². The number of anilines is 2. The fourth-order valence-corrected chi connectivity index (χ4v) is 3.55. The van der Waals surface area contributed by atoms with Gasteiger partial charge in [-0.2, -0.15) is 16.8 Å². The second-order valence-electron chi connectivity index (χ2n) is 8.57. The van der Waals surface area contributed by atoms with Crippen LogP contribution in [0.3, 0.4) is 0 Å². The van der Waals surface area contributed by atoms with E-state index in [1.807, 2.05) is 24.3 Å². The standard InChI is InChI=1S/C23H26N6O4.2CH4O3S/c1-30-18-8-14-16(10-20(18)32-3)26-12-28-22(14)24-6-5-7-25-23-15-9-19(31-2)21(33-4)11-17(15)27-13-29-23;2*1-5(2,3)4/h8-13H,5-7H2,1-4H3,(H,24,26,28)(H,25,27,29);2*1H3,(H,2,3,4). The summed E-state index contributed by atoms with van der Waals surface area (Å²) in [6.07, 6.45) is 5.32. The highest BCUT2D eigenvalue weighted by Gasteiger charge is 2.12. The molecule has 0 radical (unpaired) electrons. The highest BCUT2D eigenvalue weighted by atomic mass is 32.2. The Bertz CT molecular complexity index is 1590. The molecule has 0 unspecified atom stereocenters. The number of nitrogens with one attached hydrogen (secondary N) is 2. The first-order valence-corrected chi connectivity index (χ1v) is 15.9. The first kappa shape index (κ1) is 34.9. The van der Waals surface area contributed by atoms with Gasteiger partial charge in [-0.1, -0.05) is 0 Å². The number of hydrogen-bond donors (Lipinski definition) is 4. The number of ether oxygens (including phenoxy) is 4. The van der Waals surface area contributed by atoms with Gasteiger partial charge in [0.2, 0.25) is 0 Å². The lowest BCUT2D eigenvalue weighted by Gasteiger charge is -2.13. The van der Waals surface area contributed by atoms with Crippen molar-refractivity contribution in [2.75, 3.05) is 64.7 Å². The highest BCUT2D eigenvalue weighted by molar-refractivity contribution is 7.85. The van der Waals surface area contributed by atoms with Crippen LogP contribution >= 0.6 is 0 Å². The minimum Gasteiger partial charge on any atom is -0.493 e. The van der Waals surface area contributed by atoms with Gasteiger partial charge in [0.25, 0.3) is 20.2 Å². The number of hydrogen-bond acceptors (Lipinski definition) is 14. The first-order chi connectivity index (χ1) is 20.2. The zero-order valence-corrected chi connectivity index (χ0v) is 26.0. The van der Waals surface area contributed by atoms with Gasteiger partial charge in [-0.05, 0) is 18.6 Å². The molecule has 18 heteroatoms. The van der Waals surface area contributed by atoms with Gasteiger partial charge in [0.15, 0.2) is 23.0 Å². The zero-order chi connectivity index (χ0) is 32.2. The predicted molar refractivity (Wildman–Crippen MR) is 162 cm³/mol. The van der Waals surface area contributed by atoms with Gasteiger partial charge in [-0.25, -0.2) is 19.9 Å². The van der Waals surface area contributed by atoms with Crippen molar-refractivity contribution in [2.45, 2.75) is 6.42 Å². The summed E-state index contributed by atoms with van der Waals surface area (Å²) in [6, 6.07) is 7.44. The van der Waals surface area contributed by atoms with Gasteiger partial charge < -0.3 is 29.6 Å². The average Bonchev–Trinajstić information content (AvgIpc) is 2.93. The second-order valence-corrected chi connectivity index (χ2v) is 11.5. The number of fused-ring (bicyclic) bond motifs is 2. The predicted octanol–water partition coefficient (Wildman–Crippen LogP) is 2.53. The Morgan fingerprint density at radius 2 is 0.907 bits per heavy atom. The summed E-state index contributed by atoms with van der Waals surface area (Å²) in [5, 5.41) is 8.49. The lowest BCUT2D eigenvalue weighted by Crippen LogP contribution is -2.11. The van der Waals surface area contributed by atoms with Gasteiger partial charge in [-0.15, -0.1) is 0 Å². The number of benzene rings is 2. The topological polar surface area (TPSA) is 221 Å². The average molecular weight is 643 g/mol. The molecule has 0 aliphatic carbocycles. The lowest BCUT2D eigenvalue weighted by molar-refractivity contribution is 0.356. The molecule has 0 fully saturated rings. The van der Waals surface area contributed by atoms with Crippen molar-refractivity contribution >= 4 is 53.7 Å². The van der Waals surface area contributed by atoms with Crippen LogP contribution in [0.1, 0.15) is 6.42 Å². The van der Waals surface area contributed by atoms with Crippen LogP contribution in [0.4, 0.5) is 11.6 Å². The summed E-state index contributed by atoms with van der Waals surface area (Å²) in [5.74, 6) is 4.00. The molecule has 2 heterocycles. The molecule has 0 aliphatic heterocycles. The van der Waals surface area contributed by atoms with E-state index in [9.17, 15) is 16.8 Å². The highest BCUT2D eigenvalue weighted by Crippen LogP contribution is 2.34. The summed E-state index contributed by atoms with van der Waals surface area (Å²) in [7, 11) is -0.918. The normalized spacial score (nSPS) is 11.0. The van der Waals surface area contributed by atoms with Gasteiger partial charge in [0, 0.05) is 36.0 Å². The zero-order valence-electron chi connectivity index (χ0n) is 24.4. The minimum absolute atomic E-state index is 0.630. The molecule has 0 saturated heterocycles. The molecule has 0 saturated carbocycles. The molecule has 4 rings (SSSR count). The van der Waals surface area contributed by atoms with Crippen LogP contribution < -0.4 is 29.6 Å². The molecular weight excluding hydrogens is 608 g/mol. The Morgan fingerprint density at radius 1 is 0.605 bits per heavy atom. The van der Waals surface area contributed by atoms with Gasteiger partial charge in [-0.3, -0.25) is 9.11 Å². The number of rotatable bonds is 10. The quantitative estimate of drug-likeness (QED) is 0.144. The Hall–Kier alpha value is -4.26. The van der Waals surface area contributed by atoms with E-state index in [-0.39, 0.29) is 0 Å². The molecular formula is C25H34N6O10S2. The minimum atomic E-state index is -3.67. The van der Waals surface area contributed by atoms with Crippen molar-refractivity contribution in [3.05, 3.63) is 36.9 Å². The Balaban J connectivity index is 0.000000559. The fourth-order valence-electron chi connectivity index (χ4n) is 3.55. The summed E-state index contributed by atoms with van der Waals surface area (Å²) in [5.41, 5.74) is 1.56. The summed E-state index contributed by atoms with van der Waals surface area (Å²) < 4.78 is 73.3. The van der Waals surface area contributed by atoms with Gasteiger partial charge in [0.05, 0.1) is 52.0 Å². The van der Waals surface area contributed by atoms with Crippen molar-refractivity contribution in [3.8, 4) is 23.0 Å². The molecule has 2 aromatic heterocycles. The molecule has 0 atom stereocenters. The third-order valence-corrected chi connectivity index (χ3v) is 5.22. The molecule has 4 N–H and O–H groups in total. The van der Waals surface area contributed by atoms with E-state index >= 15 is 0 Å². The van der Waals surface area contributed by atoms with Crippen LogP contribution in [-0.4, -0.2) is 99.9 Å². The summed E-state index contributed by atoms with van der Waals surface area (Å²) in [4.78, 5) is 17.4. The van der Waals surface area contributed by atoms with Crippen molar-refractivity contribution in [3.63, 3.8) is 0 Å². The van der Waals surface area contributed by atoms with Crippen molar-refractivity contribution in [2.24, 2.45) is 0 Å². The lowest BCUT2D eigenvalue weighted by atomic mass is 10.2. The molecule has 43 heavy (non-hydrogen) atoms. The van der Waals surface area contributed by atoms with Crippen molar-refractivity contribution in [1.29, 1.82) is 0 Å². The molecule has 0 amide bonds. The SMILES string of the molecule is COc1cc2ncnc(NCCCNc3ncnc4cc(OC)c(OC)cc34)c2cc1OC.CS(=O)(=O)O.CS(=O)(=O)O.